The number of aromatic hydroxyl groups is 1. The van der Waals surface area contributed by atoms with Gasteiger partial charge in [0.1, 0.15) is 23.0 Å². The number of nitrogens with zero attached hydrogens (tertiary/aromatic N) is 3. The number of carbonyl (C=O) groups excluding carboxylic acids is 3. The van der Waals surface area contributed by atoms with Crippen molar-refractivity contribution in [2.45, 2.75) is 44.8 Å². The average Bonchev–Trinajstić information content (AvgIpc) is 3.06. The molecule has 3 aliphatic rings. The number of fused-ring (bicyclic) bond motifs is 5. The number of nitrogens with two attached hydrogens (primary N) is 1. The van der Waals surface area contributed by atoms with Crippen molar-refractivity contribution >= 4 is 17.7 Å². The van der Waals surface area contributed by atoms with E-state index >= 15 is 0 Å². The second kappa shape index (κ2) is 8.10. The Balaban J connectivity index is 1.60. The van der Waals surface area contributed by atoms with Gasteiger partial charge in [0, 0.05) is 54.9 Å². The number of likely N-dealkylation sites (tertiary alicyclic amines) is 1. The summed E-state index contributed by atoms with van der Waals surface area (Å²) in [6.07, 6.45) is 2.04. The lowest BCUT2D eigenvalue weighted by atomic mass is 9.75. The first-order valence-electron chi connectivity index (χ1n) is 11.4. The molecule has 0 saturated carbocycles. The van der Waals surface area contributed by atoms with Crippen LogP contribution in [0.25, 0.3) is 0 Å². The molecule has 0 aliphatic carbocycles. The highest BCUT2D eigenvalue weighted by molar-refractivity contribution is 5.99. The topological polar surface area (TPSA) is 126 Å². The minimum Gasteiger partial charge on any atom is -0.503 e. The Morgan fingerprint density at radius 2 is 1.86 bits per heavy atom. The summed E-state index contributed by atoms with van der Waals surface area (Å²) in [5.74, 6) is -6.24. The molecule has 0 unspecified atom stereocenters. The van der Waals surface area contributed by atoms with E-state index < -0.39 is 75.5 Å². The first kappa shape index (κ1) is 23.9. The van der Waals surface area contributed by atoms with Crippen LogP contribution in [0.1, 0.15) is 58.6 Å². The number of pyridine rings is 1. The first-order valence-corrected chi connectivity index (χ1v) is 11.4. The van der Waals surface area contributed by atoms with Gasteiger partial charge in [0.25, 0.3) is 11.8 Å². The van der Waals surface area contributed by atoms with Gasteiger partial charge in [-0.2, -0.15) is 0 Å². The number of carbonyl (C=O) groups is 3. The van der Waals surface area contributed by atoms with Crippen LogP contribution in [0.4, 0.5) is 13.2 Å². The average molecular weight is 504 g/mol. The number of benzene rings is 1. The van der Waals surface area contributed by atoms with Crippen LogP contribution in [0.15, 0.2) is 23.1 Å². The minimum absolute atomic E-state index is 0.0327. The Kier molecular flexibility index (Phi) is 5.38. The van der Waals surface area contributed by atoms with E-state index in [1.165, 1.54) is 14.4 Å². The molecule has 12 heteroatoms. The van der Waals surface area contributed by atoms with Gasteiger partial charge in [0.15, 0.2) is 11.4 Å². The van der Waals surface area contributed by atoms with Crippen molar-refractivity contribution in [1.82, 2.24) is 14.4 Å². The van der Waals surface area contributed by atoms with Gasteiger partial charge in [-0.3, -0.25) is 19.2 Å². The van der Waals surface area contributed by atoms with E-state index in [4.69, 9.17) is 5.73 Å². The van der Waals surface area contributed by atoms with Crippen LogP contribution in [0.2, 0.25) is 0 Å². The minimum atomic E-state index is -1.11. The van der Waals surface area contributed by atoms with Crippen LogP contribution in [-0.4, -0.2) is 56.3 Å². The zero-order valence-electron chi connectivity index (χ0n) is 19.3. The quantitative estimate of drug-likeness (QED) is 0.658. The number of hydrogen-bond acceptors (Lipinski definition) is 5. The molecule has 5 rings (SSSR count). The van der Waals surface area contributed by atoms with E-state index in [0.717, 1.165) is 6.20 Å². The standard InChI is InChI=1S/C24H23F3N4O5/c1-11-2-3-24(6-18(32)29(10-24)7-13-15(26)4-12(25)5-16(13)27)17-9-30(11)23(36)19-21(34)20(33)14(22(28)35)8-31(17)19/h4-5,8,11,17,34H,2-3,6-7,9-10H2,1H3,(H2,28,35)/t11-,17+,24-/m0/s1. The molecule has 2 saturated heterocycles. The van der Waals surface area contributed by atoms with Crippen molar-refractivity contribution in [2.24, 2.45) is 11.1 Å². The molecule has 3 atom stereocenters. The van der Waals surface area contributed by atoms with Gasteiger partial charge in [-0.1, -0.05) is 0 Å². The third-order valence-corrected chi connectivity index (χ3v) is 7.76. The van der Waals surface area contributed by atoms with E-state index in [1.54, 1.807) is 0 Å². The van der Waals surface area contributed by atoms with Gasteiger partial charge >= 0.3 is 0 Å². The summed E-state index contributed by atoms with van der Waals surface area (Å²) in [7, 11) is 0. The molecule has 0 radical (unpaired) electrons. The summed E-state index contributed by atoms with van der Waals surface area (Å²) in [5.41, 5.74) is 2.18. The fraction of sp³-hybridized carbons (Fsp3) is 0.417. The van der Waals surface area contributed by atoms with Crippen molar-refractivity contribution in [2.75, 3.05) is 13.1 Å². The molecule has 190 valence electrons. The van der Waals surface area contributed by atoms with Gasteiger partial charge in [-0.15, -0.1) is 0 Å². The molecule has 1 spiro atoms. The Morgan fingerprint density at radius 1 is 1.19 bits per heavy atom. The van der Waals surface area contributed by atoms with Gasteiger partial charge in [0.05, 0.1) is 12.6 Å². The van der Waals surface area contributed by atoms with Gasteiger partial charge in [-0.25, -0.2) is 13.2 Å². The van der Waals surface area contributed by atoms with E-state index in [-0.39, 0.29) is 31.2 Å². The third-order valence-electron chi connectivity index (χ3n) is 7.76. The molecule has 1 aromatic heterocycles. The highest BCUT2D eigenvalue weighted by Crippen LogP contribution is 2.51. The summed E-state index contributed by atoms with van der Waals surface area (Å²) in [4.78, 5) is 53.5. The molecule has 2 aromatic rings. The fourth-order valence-electron chi connectivity index (χ4n) is 5.82. The smallest absolute Gasteiger partial charge is 0.274 e. The van der Waals surface area contributed by atoms with E-state index in [9.17, 15) is 37.5 Å². The molecule has 2 bridgehead atoms. The Bertz CT molecular complexity index is 1370. The SMILES string of the molecule is C[C@H]1CC[C@@]2(CC(=O)N(Cc3c(F)cc(F)cc3F)C2)[C@H]2CN1C(=O)c1c(O)c(=O)c(C(N)=O)cn12. The molecule has 9 nitrogen and oxygen atoms in total. The maximum absolute atomic E-state index is 14.3. The molecule has 3 aliphatic heterocycles. The van der Waals surface area contributed by atoms with Crippen molar-refractivity contribution in [1.29, 1.82) is 0 Å². The monoisotopic (exact) mass is 504 g/mol. The molecule has 3 N–H and O–H groups in total. The molecular formula is C24H23F3N4O5. The van der Waals surface area contributed by atoms with Crippen LogP contribution in [-0.2, 0) is 11.3 Å². The number of hydrogen-bond donors (Lipinski definition) is 2. The molecule has 36 heavy (non-hydrogen) atoms. The van der Waals surface area contributed by atoms with Crippen molar-refractivity contribution in [3.8, 4) is 5.75 Å². The molecule has 2 fully saturated rings. The fourth-order valence-corrected chi connectivity index (χ4v) is 5.82. The first-order chi connectivity index (χ1) is 16.9. The number of amides is 3. The number of primary amides is 1. The summed E-state index contributed by atoms with van der Waals surface area (Å²) in [6, 6.07) is 0.173. The molecular weight excluding hydrogens is 481 g/mol. The highest BCUT2D eigenvalue weighted by atomic mass is 19.1. The number of halogens is 3. The van der Waals surface area contributed by atoms with Gasteiger partial charge in [0.2, 0.25) is 11.3 Å². The second-order valence-corrected chi connectivity index (χ2v) is 9.84. The Hall–Kier alpha value is -3.83. The van der Waals surface area contributed by atoms with Crippen LogP contribution in [0.5, 0.6) is 5.75 Å². The highest BCUT2D eigenvalue weighted by Gasteiger charge is 2.54. The number of rotatable bonds is 3. The number of aromatic nitrogens is 1. The zero-order chi connectivity index (χ0) is 26.1. The van der Waals surface area contributed by atoms with Crippen LogP contribution >= 0.6 is 0 Å². The molecule has 1 aromatic carbocycles. The lowest BCUT2D eigenvalue weighted by Gasteiger charge is -2.43. The predicted molar refractivity (Wildman–Crippen MR) is 118 cm³/mol. The van der Waals surface area contributed by atoms with E-state index in [1.807, 2.05) is 6.92 Å². The predicted octanol–water partition coefficient (Wildman–Crippen LogP) is 1.67. The summed E-state index contributed by atoms with van der Waals surface area (Å²) in [5, 5.41) is 10.6. The third kappa shape index (κ3) is 3.46. The van der Waals surface area contributed by atoms with Gasteiger partial charge in [-0.05, 0) is 19.8 Å². The van der Waals surface area contributed by atoms with Crippen LogP contribution in [0.3, 0.4) is 0 Å². The van der Waals surface area contributed by atoms with Gasteiger partial charge < -0.3 is 25.2 Å². The van der Waals surface area contributed by atoms with Crippen molar-refractivity contribution in [3.63, 3.8) is 0 Å². The van der Waals surface area contributed by atoms with Crippen molar-refractivity contribution < 1.29 is 32.7 Å². The Labute approximate surface area is 202 Å². The van der Waals surface area contributed by atoms with Crippen LogP contribution < -0.4 is 11.2 Å². The maximum Gasteiger partial charge on any atom is 0.274 e. The van der Waals surface area contributed by atoms with E-state index in [0.29, 0.717) is 25.0 Å². The largest absolute Gasteiger partial charge is 0.503 e. The summed E-state index contributed by atoms with van der Waals surface area (Å²) >= 11 is 0. The Morgan fingerprint density at radius 3 is 2.50 bits per heavy atom. The van der Waals surface area contributed by atoms with E-state index in [2.05, 4.69) is 0 Å². The maximum atomic E-state index is 14.3. The summed E-state index contributed by atoms with van der Waals surface area (Å²) < 4.78 is 43.3. The zero-order valence-corrected chi connectivity index (χ0v) is 19.3. The van der Waals surface area contributed by atoms with Crippen molar-refractivity contribution in [3.05, 3.63) is 62.8 Å². The second-order valence-electron chi connectivity index (χ2n) is 9.84. The lowest BCUT2D eigenvalue weighted by Crippen LogP contribution is -2.50. The summed E-state index contributed by atoms with van der Waals surface area (Å²) in [6.45, 7) is 1.58. The molecule has 4 heterocycles. The normalized spacial score (nSPS) is 25.3. The molecule has 3 amide bonds. The van der Waals surface area contributed by atoms with Crippen LogP contribution in [0, 0.1) is 22.9 Å². The lowest BCUT2D eigenvalue weighted by molar-refractivity contribution is -0.128.